The van der Waals surface area contributed by atoms with Crippen LogP contribution in [-0.4, -0.2) is 21.1 Å². The van der Waals surface area contributed by atoms with Crippen LogP contribution in [0.3, 0.4) is 0 Å². The number of nitrogens with zero attached hydrogens (tertiary/aromatic N) is 2. The maximum atomic E-state index is 12.1. The topological polar surface area (TPSA) is 70.7 Å². The number of hydrogen-bond acceptors (Lipinski definition) is 3. The van der Waals surface area contributed by atoms with Gasteiger partial charge in [0.15, 0.2) is 5.82 Å². The van der Waals surface area contributed by atoms with E-state index in [2.05, 4.69) is 27.4 Å². The van der Waals surface area contributed by atoms with Crippen LogP contribution in [0.4, 0.5) is 5.82 Å². The van der Waals surface area contributed by atoms with Gasteiger partial charge in [0.1, 0.15) is 0 Å². The summed E-state index contributed by atoms with van der Waals surface area (Å²) in [7, 11) is 0. The zero-order valence-electron chi connectivity index (χ0n) is 11.4. The monoisotopic (exact) mass is 258 g/mol. The second kappa shape index (κ2) is 5.65. The van der Waals surface area contributed by atoms with Crippen molar-refractivity contribution in [2.24, 2.45) is 0 Å². The molecule has 0 bridgehead atoms. The standard InChI is InChI=1S/C14H18N4O/c1-4-5-11-8-13(18-17-11)16-14(19)12-7-6-9(2)15-10(12)3/h6-8H,4-5H2,1-3H3,(H2,16,17,18,19). The number of aryl methyl sites for hydroxylation is 3. The normalized spacial score (nSPS) is 10.5. The predicted octanol–water partition coefficient (Wildman–Crippen LogP) is 2.63. The zero-order chi connectivity index (χ0) is 13.8. The molecular weight excluding hydrogens is 240 g/mol. The zero-order valence-corrected chi connectivity index (χ0v) is 11.4. The quantitative estimate of drug-likeness (QED) is 0.885. The predicted molar refractivity (Wildman–Crippen MR) is 74.2 cm³/mol. The van der Waals surface area contributed by atoms with Crippen LogP contribution in [0, 0.1) is 13.8 Å². The molecule has 0 saturated carbocycles. The third-order valence-corrected chi connectivity index (χ3v) is 2.86. The molecule has 2 N–H and O–H groups in total. The number of amides is 1. The molecule has 5 nitrogen and oxygen atoms in total. The van der Waals surface area contributed by atoms with Gasteiger partial charge in [-0.05, 0) is 32.4 Å². The Kier molecular flexibility index (Phi) is 3.94. The molecule has 0 aliphatic rings. The fraction of sp³-hybridized carbons (Fsp3) is 0.357. The average Bonchev–Trinajstić information content (AvgIpc) is 2.76. The minimum absolute atomic E-state index is 0.181. The molecule has 0 radical (unpaired) electrons. The minimum atomic E-state index is -0.181. The number of aromatic nitrogens is 3. The fourth-order valence-corrected chi connectivity index (χ4v) is 1.93. The van der Waals surface area contributed by atoms with E-state index >= 15 is 0 Å². The van der Waals surface area contributed by atoms with Crippen molar-refractivity contribution in [1.29, 1.82) is 0 Å². The van der Waals surface area contributed by atoms with Crippen LogP contribution in [0.15, 0.2) is 18.2 Å². The summed E-state index contributed by atoms with van der Waals surface area (Å²) in [6.45, 7) is 5.83. The molecule has 100 valence electrons. The summed E-state index contributed by atoms with van der Waals surface area (Å²) in [5.41, 5.74) is 3.23. The highest BCUT2D eigenvalue weighted by molar-refractivity contribution is 6.04. The molecule has 0 saturated heterocycles. The Balaban J connectivity index is 2.11. The van der Waals surface area contributed by atoms with Gasteiger partial charge in [-0.25, -0.2) is 0 Å². The molecule has 1 amide bonds. The van der Waals surface area contributed by atoms with Gasteiger partial charge in [0.2, 0.25) is 0 Å². The number of carbonyl (C=O) groups excluding carboxylic acids is 1. The molecule has 0 aliphatic carbocycles. The first-order valence-electron chi connectivity index (χ1n) is 6.40. The highest BCUT2D eigenvalue weighted by atomic mass is 16.1. The van der Waals surface area contributed by atoms with Gasteiger partial charge in [0.05, 0.1) is 11.3 Å². The second-order valence-corrected chi connectivity index (χ2v) is 4.57. The third kappa shape index (κ3) is 3.19. The van der Waals surface area contributed by atoms with E-state index in [-0.39, 0.29) is 5.91 Å². The lowest BCUT2D eigenvalue weighted by atomic mass is 10.1. The largest absolute Gasteiger partial charge is 0.305 e. The van der Waals surface area contributed by atoms with E-state index in [1.54, 1.807) is 6.07 Å². The van der Waals surface area contributed by atoms with Crippen LogP contribution in [-0.2, 0) is 6.42 Å². The lowest BCUT2D eigenvalue weighted by Crippen LogP contribution is -2.14. The number of hydrogen-bond donors (Lipinski definition) is 2. The SMILES string of the molecule is CCCc1cc(NC(=O)c2ccc(C)nc2C)n[nH]1. The van der Waals surface area contributed by atoms with Crippen LogP contribution in [0.25, 0.3) is 0 Å². The van der Waals surface area contributed by atoms with Crippen molar-refractivity contribution >= 4 is 11.7 Å². The Morgan fingerprint density at radius 2 is 2.16 bits per heavy atom. The molecule has 0 unspecified atom stereocenters. The number of anilines is 1. The first-order valence-corrected chi connectivity index (χ1v) is 6.40. The van der Waals surface area contributed by atoms with Crippen molar-refractivity contribution in [2.75, 3.05) is 5.32 Å². The van der Waals surface area contributed by atoms with E-state index < -0.39 is 0 Å². The van der Waals surface area contributed by atoms with Crippen molar-refractivity contribution in [1.82, 2.24) is 15.2 Å². The van der Waals surface area contributed by atoms with Crippen LogP contribution in [0.2, 0.25) is 0 Å². The number of nitrogens with one attached hydrogen (secondary N) is 2. The van der Waals surface area contributed by atoms with Crippen molar-refractivity contribution in [3.63, 3.8) is 0 Å². The maximum absolute atomic E-state index is 12.1. The van der Waals surface area contributed by atoms with Gasteiger partial charge in [0, 0.05) is 17.5 Å². The van der Waals surface area contributed by atoms with Gasteiger partial charge in [-0.2, -0.15) is 5.10 Å². The third-order valence-electron chi connectivity index (χ3n) is 2.86. The highest BCUT2D eigenvalue weighted by Gasteiger charge is 2.11. The number of rotatable bonds is 4. The summed E-state index contributed by atoms with van der Waals surface area (Å²) in [6.07, 6.45) is 1.96. The van der Waals surface area contributed by atoms with Crippen LogP contribution < -0.4 is 5.32 Å². The molecule has 2 aromatic heterocycles. The summed E-state index contributed by atoms with van der Waals surface area (Å²) >= 11 is 0. The van der Waals surface area contributed by atoms with Crippen molar-refractivity contribution in [3.05, 3.63) is 40.8 Å². The van der Waals surface area contributed by atoms with Gasteiger partial charge >= 0.3 is 0 Å². The number of aromatic amines is 1. The minimum Gasteiger partial charge on any atom is -0.305 e. The van der Waals surface area contributed by atoms with Gasteiger partial charge in [-0.1, -0.05) is 13.3 Å². The molecule has 2 heterocycles. The molecule has 2 rings (SSSR count). The van der Waals surface area contributed by atoms with Crippen LogP contribution >= 0.6 is 0 Å². The molecule has 5 heteroatoms. The van der Waals surface area contributed by atoms with E-state index in [1.165, 1.54) is 0 Å². The van der Waals surface area contributed by atoms with E-state index in [0.29, 0.717) is 11.4 Å². The van der Waals surface area contributed by atoms with Crippen molar-refractivity contribution in [3.8, 4) is 0 Å². The summed E-state index contributed by atoms with van der Waals surface area (Å²) in [5, 5.41) is 9.75. The summed E-state index contributed by atoms with van der Waals surface area (Å²) in [4.78, 5) is 16.4. The molecule has 0 aliphatic heterocycles. The lowest BCUT2D eigenvalue weighted by molar-refractivity contribution is 0.102. The average molecular weight is 258 g/mol. The van der Waals surface area contributed by atoms with E-state index in [1.807, 2.05) is 26.0 Å². The molecule has 19 heavy (non-hydrogen) atoms. The summed E-state index contributed by atoms with van der Waals surface area (Å²) in [6, 6.07) is 5.47. The highest BCUT2D eigenvalue weighted by Crippen LogP contribution is 2.11. The summed E-state index contributed by atoms with van der Waals surface area (Å²) < 4.78 is 0. The Labute approximate surface area is 112 Å². The number of H-pyrrole nitrogens is 1. The number of pyridine rings is 1. The molecular formula is C14H18N4O. The smallest absolute Gasteiger partial charge is 0.258 e. The Morgan fingerprint density at radius 3 is 2.84 bits per heavy atom. The summed E-state index contributed by atoms with van der Waals surface area (Å²) in [5.74, 6) is 0.368. The molecule has 0 spiro atoms. The van der Waals surface area contributed by atoms with Gasteiger partial charge in [0.25, 0.3) is 5.91 Å². The van der Waals surface area contributed by atoms with E-state index in [4.69, 9.17) is 0 Å². The fourth-order valence-electron chi connectivity index (χ4n) is 1.93. The first kappa shape index (κ1) is 13.3. The number of carbonyl (C=O) groups is 1. The van der Waals surface area contributed by atoms with Crippen LogP contribution in [0.5, 0.6) is 0 Å². The molecule has 2 aromatic rings. The van der Waals surface area contributed by atoms with Gasteiger partial charge < -0.3 is 5.32 Å². The van der Waals surface area contributed by atoms with Gasteiger partial charge in [-0.3, -0.25) is 14.9 Å². The Hall–Kier alpha value is -2.17. The van der Waals surface area contributed by atoms with Gasteiger partial charge in [-0.15, -0.1) is 0 Å². The Bertz CT molecular complexity index is 589. The molecule has 0 atom stereocenters. The molecule has 0 aromatic carbocycles. The van der Waals surface area contributed by atoms with Crippen LogP contribution in [0.1, 0.15) is 40.8 Å². The van der Waals surface area contributed by atoms with Crippen molar-refractivity contribution in [2.45, 2.75) is 33.6 Å². The first-order chi connectivity index (χ1) is 9.10. The Morgan fingerprint density at radius 1 is 1.37 bits per heavy atom. The molecule has 0 fully saturated rings. The van der Waals surface area contributed by atoms with E-state index in [9.17, 15) is 4.79 Å². The van der Waals surface area contributed by atoms with E-state index in [0.717, 1.165) is 29.9 Å². The lowest BCUT2D eigenvalue weighted by Gasteiger charge is -2.05. The van der Waals surface area contributed by atoms with Crippen molar-refractivity contribution < 1.29 is 4.79 Å². The second-order valence-electron chi connectivity index (χ2n) is 4.57. The maximum Gasteiger partial charge on any atom is 0.258 e.